The molecule has 1 aliphatic carbocycles. The first-order valence-corrected chi connectivity index (χ1v) is 4.47. The van der Waals surface area contributed by atoms with Crippen LogP contribution in [0, 0.1) is 5.92 Å². The lowest BCUT2D eigenvalue weighted by Gasteiger charge is -1.96. The largest absolute Gasteiger partial charge is 0.475 e. The highest BCUT2D eigenvalue weighted by atomic mass is 16.6. The van der Waals surface area contributed by atoms with E-state index in [-0.39, 0.29) is 5.76 Å². The van der Waals surface area contributed by atoms with Crippen molar-refractivity contribution in [1.29, 1.82) is 0 Å². The second-order valence-corrected chi connectivity index (χ2v) is 3.28. The molecule has 1 aliphatic rings. The lowest BCUT2D eigenvalue weighted by Crippen LogP contribution is -1.99. The number of hydrogen-bond acceptors (Lipinski definition) is 5. The first kappa shape index (κ1) is 9.05. The molecule has 1 aromatic rings. The van der Waals surface area contributed by atoms with Crippen molar-refractivity contribution in [3.63, 3.8) is 0 Å². The molecule has 2 rings (SSSR count). The highest BCUT2D eigenvalue weighted by Crippen LogP contribution is 2.29. The van der Waals surface area contributed by atoms with Crippen LogP contribution < -0.4 is 4.74 Å². The zero-order chi connectivity index (χ0) is 9.97. The van der Waals surface area contributed by atoms with Crippen LogP contribution in [0.5, 0.6) is 5.88 Å². The molecule has 0 aliphatic heterocycles. The van der Waals surface area contributed by atoms with E-state index < -0.39 is 5.97 Å². The van der Waals surface area contributed by atoms with E-state index in [4.69, 9.17) is 9.26 Å². The van der Waals surface area contributed by atoms with E-state index in [2.05, 4.69) is 9.89 Å². The number of rotatable bonds is 4. The highest BCUT2D eigenvalue weighted by molar-refractivity contribution is 5.86. The number of nitrogens with zero attached hydrogens (tertiary/aromatic N) is 1. The van der Waals surface area contributed by atoms with Gasteiger partial charge in [-0.1, -0.05) is 0 Å². The third kappa shape index (κ3) is 2.04. The second-order valence-electron chi connectivity index (χ2n) is 3.28. The Kier molecular flexibility index (Phi) is 2.39. The average Bonchev–Trinajstić information content (AvgIpc) is 2.92. The molecule has 0 saturated heterocycles. The minimum absolute atomic E-state index is 0.0679. The van der Waals surface area contributed by atoms with Crippen molar-refractivity contribution in [3.8, 4) is 5.88 Å². The van der Waals surface area contributed by atoms with E-state index in [1.165, 1.54) is 26.0 Å². The summed E-state index contributed by atoms with van der Waals surface area (Å²) >= 11 is 0. The topological polar surface area (TPSA) is 61.6 Å². The highest BCUT2D eigenvalue weighted by Gasteiger charge is 2.23. The fraction of sp³-hybridized carbons (Fsp3) is 0.556. The van der Waals surface area contributed by atoms with E-state index in [1.807, 2.05) is 0 Å². The Morgan fingerprint density at radius 2 is 2.50 bits per heavy atom. The van der Waals surface area contributed by atoms with Crippen LogP contribution in [0.2, 0.25) is 0 Å². The van der Waals surface area contributed by atoms with E-state index in [0.717, 1.165) is 0 Å². The molecule has 1 heterocycles. The van der Waals surface area contributed by atoms with Crippen molar-refractivity contribution in [2.75, 3.05) is 13.7 Å². The standard InChI is InChI=1S/C9H11NO4/c1-12-9(11)7-4-8(10-14-7)13-5-6-2-3-6/h4,6H,2-3,5H2,1H3. The van der Waals surface area contributed by atoms with Crippen LogP contribution in [-0.4, -0.2) is 24.8 Å². The van der Waals surface area contributed by atoms with Gasteiger partial charge >= 0.3 is 5.97 Å². The van der Waals surface area contributed by atoms with Crippen LogP contribution in [0.15, 0.2) is 10.6 Å². The molecule has 1 aromatic heterocycles. The van der Waals surface area contributed by atoms with E-state index in [9.17, 15) is 4.79 Å². The summed E-state index contributed by atoms with van der Waals surface area (Å²) in [5, 5.41) is 3.59. The molecule has 0 N–H and O–H groups in total. The van der Waals surface area contributed by atoms with E-state index in [0.29, 0.717) is 18.4 Å². The smallest absolute Gasteiger partial charge is 0.377 e. The van der Waals surface area contributed by atoms with Crippen molar-refractivity contribution >= 4 is 5.97 Å². The van der Waals surface area contributed by atoms with E-state index >= 15 is 0 Å². The third-order valence-electron chi connectivity index (χ3n) is 2.04. The lowest BCUT2D eigenvalue weighted by atomic mass is 10.4. The number of carbonyl (C=O) groups is 1. The van der Waals surface area contributed by atoms with Gasteiger partial charge in [0.05, 0.1) is 19.8 Å². The van der Waals surface area contributed by atoms with Gasteiger partial charge in [0.2, 0.25) is 5.76 Å². The van der Waals surface area contributed by atoms with Gasteiger partial charge in [0.25, 0.3) is 5.88 Å². The molecule has 1 fully saturated rings. The number of esters is 1. The molecule has 0 bridgehead atoms. The van der Waals surface area contributed by atoms with Gasteiger partial charge in [-0.25, -0.2) is 4.79 Å². The Hall–Kier alpha value is -1.52. The molecule has 14 heavy (non-hydrogen) atoms. The monoisotopic (exact) mass is 197 g/mol. The van der Waals surface area contributed by atoms with Gasteiger partial charge in [0, 0.05) is 0 Å². The third-order valence-corrected chi connectivity index (χ3v) is 2.04. The maximum atomic E-state index is 11.0. The normalized spacial score (nSPS) is 15.2. The fourth-order valence-electron chi connectivity index (χ4n) is 1.01. The zero-order valence-electron chi connectivity index (χ0n) is 7.86. The molecule has 5 nitrogen and oxygen atoms in total. The summed E-state index contributed by atoms with van der Waals surface area (Å²) in [5.74, 6) is 0.516. The van der Waals surface area contributed by atoms with Gasteiger partial charge < -0.3 is 14.0 Å². The lowest BCUT2D eigenvalue weighted by molar-refractivity contribution is 0.0554. The summed E-state index contributed by atoms with van der Waals surface area (Å²) < 4.78 is 14.5. The molecule has 76 valence electrons. The summed E-state index contributed by atoms with van der Waals surface area (Å²) in [7, 11) is 1.29. The van der Waals surface area contributed by atoms with Crippen LogP contribution in [-0.2, 0) is 4.74 Å². The Morgan fingerprint density at radius 1 is 1.71 bits per heavy atom. The molecular weight excluding hydrogens is 186 g/mol. The van der Waals surface area contributed by atoms with E-state index in [1.54, 1.807) is 0 Å². The average molecular weight is 197 g/mol. The van der Waals surface area contributed by atoms with Gasteiger partial charge in [0.1, 0.15) is 0 Å². The second kappa shape index (κ2) is 3.69. The Balaban J connectivity index is 1.91. The van der Waals surface area contributed by atoms with Crippen LogP contribution in [0.3, 0.4) is 0 Å². The molecular formula is C9H11NO4. The Labute approximate surface area is 81.0 Å². The number of carbonyl (C=O) groups excluding carboxylic acids is 1. The minimum Gasteiger partial charge on any atom is -0.475 e. The van der Waals surface area contributed by atoms with Gasteiger partial charge in [-0.2, -0.15) is 0 Å². The van der Waals surface area contributed by atoms with Crippen LogP contribution >= 0.6 is 0 Å². The van der Waals surface area contributed by atoms with Crippen LogP contribution in [0.25, 0.3) is 0 Å². The van der Waals surface area contributed by atoms with Crippen molar-refractivity contribution in [2.45, 2.75) is 12.8 Å². The molecule has 0 spiro atoms. The number of ether oxygens (including phenoxy) is 2. The van der Waals surface area contributed by atoms with Crippen molar-refractivity contribution in [1.82, 2.24) is 5.16 Å². The summed E-state index contributed by atoms with van der Waals surface area (Å²) in [6.07, 6.45) is 2.42. The zero-order valence-corrected chi connectivity index (χ0v) is 7.86. The molecule has 0 aromatic carbocycles. The number of methoxy groups -OCH3 is 1. The van der Waals surface area contributed by atoms with Crippen molar-refractivity contribution in [2.24, 2.45) is 5.92 Å². The predicted octanol–water partition coefficient (Wildman–Crippen LogP) is 1.25. The molecule has 0 atom stereocenters. The summed E-state index contributed by atoms with van der Waals surface area (Å²) in [6.45, 7) is 0.646. The minimum atomic E-state index is -0.543. The Morgan fingerprint density at radius 3 is 3.14 bits per heavy atom. The van der Waals surface area contributed by atoms with Crippen LogP contribution in [0.1, 0.15) is 23.4 Å². The van der Waals surface area contributed by atoms with Crippen LogP contribution in [0.4, 0.5) is 0 Å². The summed E-state index contributed by atoms with van der Waals surface area (Å²) in [4.78, 5) is 11.0. The predicted molar refractivity (Wildman–Crippen MR) is 46.1 cm³/mol. The molecule has 0 radical (unpaired) electrons. The van der Waals surface area contributed by atoms with Crippen molar-refractivity contribution in [3.05, 3.63) is 11.8 Å². The molecule has 0 unspecified atom stereocenters. The van der Waals surface area contributed by atoms with Gasteiger partial charge in [0.15, 0.2) is 0 Å². The van der Waals surface area contributed by atoms with Gasteiger partial charge in [-0.3, -0.25) is 0 Å². The maximum absolute atomic E-state index is 11.0. The number of hydrogen-bond donors (Lipinski definition) is 0. The van der Waals surface area contributed by atoms with Gasteiger partial charge in [-0.15, -0.1) is 0 Å². The quantitative estimate of drug-likeness (QED) is 0.680. The summed E-state index contributed by atoms with van der Waals surface area (Å²) in [6, 6.07) is 1.44. The van der Waals surface area contributed by atoms with Gasteiger partial charge in [-0.05, 0) is 23.9 Å². The Bertz CT molecular complexity index is 329. The molecule has 0 amide bonds. The fourth-order valence-corrected chi connectivity index (χ4v) is 1.01. The summed E-state index contributed by atoms with van der Waals surface area (Å²) in [5.41, 5.74) is 0. The van der Waals surface area contributed by atoms with Crippen molar-refractivity contribution < 1.29 is 18.8 Å². The SMILES string of the molecule is COC(=O)c1cc(OCC2CC2)no1. The first-order valence-electron chi connectivity index (χ1n) is 4.47. The molecule has 5 heteroatoms. The number of aromatic nitrogens is 1. The maximum Gasteiger partial charge on any atom is 0.377 e. The molecule has 1 saturated carbocycles. The first-order chi connectivity index (χ1) is 6.79.